The first-order valence-electron chi connectivity index (χ1n) is 14.3. The average molecular weight is 511 g/mol. The summed E-state index contributed by atoms with van der Waals surface area (Å²) < 4.78 is 35.2. The molecule has 0 heterocycles. The fraction of sp³-hybridized carbons (Fsp3) is 1.00. The van der Waals surface area contributed by atoms with E-state index in [0.29, 0.717) is 40.6 Å². The van der Waals surface area contributed by atoms with Gasteiger partial charge in [-0.15, -0.1) is 0 Å². The van der Waals surface area contributed by atoms with Crippen LogP contribution in [-0.2, 0) is 19.0 Å². The van der Waals surface area contributed by atoms with E-state index in [9.17, 15) is 13.5 Å². The molecule has 0 aliphatic heterocycles. The highest BCUT2D eigenvalue weighted by molar-refractivity contribution is 7.86. The van der Waals surface area contributed by atoms with Gasteiger partial charge in [-0.3, -0.25) is 4.18 Å². The molecule has 5 nitrogen and oxygen atoms in total. The van der Waals surface area contributed by atoms with Crippen LogP contribution < -0.4 is 0 Å². The third-order valence-corrected chi connectivity index (χ3v) is 13.1. The van der Waals surface area contributed by atoms with E-state index >= 15 is 0 Å². The zero-order chi connectivity index (χ0) is 25.6. The van der Waals surface area contributed by atoms with E-state index in [-0.39, 0.29) is 0 Å². The molecule has 35 heavy (non-hydrogen) atoms. The monoisotopic (exact) mass is 510 g/mol. The second kappa shape index (κ2) is 8.41. The predicted octanol–water partition coefficient (Wildman–Crippen LogP) is 5.80. The Morgan fingerprint density at radius 3 is 2.37 bits per heavy atom. The number of fused-ring (bicyclic) bond motifs is 4. The Kier molecular flexibility index (Phi) is 6.36. The lowest BCUT2D eigenvalue weighted by atomic mass is 9.45. The molecule has 0 amide bonds. The van der Waals surface area contributed by atoms with E-state index in [0.717, 1.165) is 36.3 Å². The molecular formula is C29H50O5S. The van der Waals surface area contributed by atoms with Crippen molar-refractivity contribution in [2.75, 3.05) is 13.4 Å². The normalized spacial score (nSPS) is 48.5. The van der Waals surface area contributed by atoms with Crippen LogP contribution in [0.15, 0.2) is 0 Å². The molecule has 6 heteroatoms. The van der Waals surface area contributed by atoms with Gasteiger partial charge in [-0.25, -0.2) is 0 Å². The summed E-state index contributed by atoms with van der Waals surface area (Å²) in [5.74, 6) is 4.46. The minimum absolute atomic E-state index is 0.350. The molecule has 0 radical (unpaired) electrons. The van der Waals surface area contributed by atoms with Crippen LogP contribution in [0.3, 0.4) is 0 Å². The van der Waals surface area contributed by atoms with Gasteiger partial charge in [0.25, 0.3) is 10.1 Å². The molecule has 202 valence electrons. The molecule has 5 saturated carbocycles. The van der Waals surface area contributed by atoms with Gasteiger partial charge in [0.05, 0.1) is 18.0 Å². The number of hydrogen-bond acceptors (Lipinski definition) is 5. The first kappa shape index (κ1) is 26.4. The summed E-state index contributed by atoms with van der Waals surface area (Å²) in [6.45, 7) is 10.9. The zero-order valence-electron chi connectivity index (χ0n) is 23.2. The number of ether oxygens (including phenoxy) is 1. The van der Waals surface area contributed by atoms with Gasteiger partial charge < -0.3 is 9.84 Å². The highest BCUT2D eigenvalue weighted by atomic mass is 32.2. The van der Waals surface area contributed by atoms with E-state index in [1.165, 1.54) is 51.4 Å². The van der Waals surface area contributed by atoms with Gasteiger partial charge in [-0.1, -0.05) is 20.8 Å². The van der Waals surface area contributed by atoms with Crippen molar-refractivity contribution in [2.45, 2.75) is 117 Å². The molecule has 0 aromatic carbocycles. The standard InChI is InChI=1S/C29H50O5S/c1-18(8-11-24(26(2,3)30)34-35(7,31)32)21-9-10-22-20-16-25(33-6)29-17-19(29)12-15-28(29,5)23(20)13-14-27(21,22)4/h18-25,30H,8-17H2,1-7H3/t18-,19+,20+,21-,22+,23+,24+,25-,27-,28-,29+/m1/s1. The maximum atomic E-state index is 11.8. The lowest BCUT2D eigenvalue weighted by Gasteiger charge is -2.61. The molecule has 5 rings (SSSR count). The van der Waals surface area contributed by atoms with Crippen molar-refractivity contribution in [3.63, 3.8) is 0 Å². The van der Waals surface area contributed by atoms with Crippen molar-refractivity contribution in [1.29, 1.82) is 0 Å². The number of rotatable bonds is 8. The Morgan fingerprint density at radius 2 is 1.77 bits per heavy atom. The van der Waals surface area contributed by atoms with Gasteiger partial charge in [0.15, 0.2) is 0 Å². The fourth-order valence-electron chi connectivity index (χ4n) is 10.9. The molecule has 0 bridgehead atoms. The third kappa shape index (κ3) is 3.98. The van der Waals surface area contributed by atoms with Crippen LogP contribution in [0.2, 0.25) is 0 Å². The van der Waals surface area contributed by atoms with Crippen molar-refractivity contribution >= 4 is 10.1 Å². The topological polar surface area (TPSA) is 72.8 Å². The number of hydrogen-bond donors (Lipinski definition) is 1. The lowest BCUT2D eigenvalue weighted by Crippen LogP contribution is -2.57. The molecule has 0 aromatic rings. The Bertz CT molecular complexity index is 926. The largest absolute Gasteiger partial charge is 0.388 e. The Hall–Kier alpha value is -0.170. The van der Waals surface area contributed by atoms with E-state index < -0.39 is 21.8 Å². The molecule has 11 atom stereocenters. The Morgan fingerprint density at radius 1 is 1.06 bits per heavy atom. The minimum atomic E-state index is -3.61. The highest BCUT2D eigenvalue weighted by Crippen LogP contribution is 2.82. The van der Waals surface area contributed by atoms with Gasteiger partial charge >= 0.3 is 0 Å². The molecule has 1 spiro atoms. The average Bonchev–Trinajstić information content (AvgIpc) is 3.25. The maximum absolute atomic E-state index is 11.8. The van der Waals surface area contributed by atoms with Crippen LogP contribution in [0.1, 0.15) is 98.8 Å². The van der Waals surface area contributed by atoms with Crippen molar-refractivity contribution < 1.29 is 22.4 Å². The lowest BCUT2D eigenvalue weighted by molar-refractivity contribution is -0.161. The summed E-state index contributed by atoms with van der Waals surface area (Å²) in [5, 5.41) is 10.6. The first-order chi connectivity index (χ1) is 16.2. The van der Waals surface area contributed by atoms with E-state index in [1.54, 1.807) is 13.8 Å². The fourth-order valence-corrected chi connectivity index (χ4v) is 11.7. The third-order valence-electron chi connectivity index (χ3n) is 12.6. The Balaban J connectivity index is 1.31. The summed E-state index contributed by atoms with van der Waals surface area (Å²) in [6.07, 6.45) is 13.0. The summed E-state index contributed by atoms with van der Waals surface area (Å²) in [6, 6.07) is 0. The van der Waals surface area contributed by atoms with Crippen LogP contribution in [0, 0.1) is 51.8 Å². The molecule has 5 fully saturated rings. The Labute approximate surface area is 214 Å². The molecule has 1 N–H and O–H groups in total. The van der Waals surface area contributed by atoms with Gasteiger partial charge in [0.1, 0.15) is 6.10 Å². The molecule has 0 unspecified atom stereocenters. The number of aliphatic hydroxyl groups is 1. The number of methoxy groups -OCH3 is 1. The highest BCUT2D eigenvalue weighted by Gasteiger charge is 2.77. The van der Waals surface area contributed by atoms with Crippen LogP contribution in [-0.4, -0.2) is 44.7 Å². The molecule has 5 aliphatic rings. The smallest absolute Gasteiger partial charge is 0.264 e. The summed E-state index contributed by atoms with van der Waals surface area (Å²) in [5.41, 5.74) is 0.111. The molecule has 5 aliphatic carbocycles. The van der Waals surface area contributed by atoms with Gasteiger partial charge in [0.2, 0.25) is 0 Å². The second-order valence-electron chi connectivity index (χ2n) is 14.5. The van der Waals surface area contributed by atoms with E-state index in [1.807, 2.05) is 7.11 Å². The van der Waals surface area contributed by atoms with Crippen LogP contribution >= 0.6 is 0 Å². The molecular weight excluding hydrogens is 460 g/mol. The molecule has 0 saturated heterocycles. The zero-order valence-corrected chi connectivity index (χ0v) is 24.0. The second-order valence-corrected chi connectivity index (χ2v) is 16.1. The van der Waals surface area contributed by atoms with Gasteiger partial charge in [-0.2, -0.15) is 8.42 Å². The quantitative estimate of drug-likeness (QED) is 0.418. The van der Waals surface area contributed by atoms with Crippen molar-refractivity contribution in [3.05, 3.63) is 0 Å². The van der Waals surface area contributed by atoms with Gasteiger partial charge in [0, 0.05) is 12.5 Å². The van der Waals surface area contributed by atoms with E-state index in [2.05, 4.69) is 20.8 Å². The predicted molar refractivity (Wildman–Crippen MR) is 138 cm³/mol. The van der Waals surface area contributed by atoms with Crippen molar-refractivity contribution in [1.82, 2.24) is 0 Å². The van der Waals surface area contributed by atoms with Crippen molar-refractivity contribution in [2.24, 2.45) is 51.8 Å². The SMILES string of the molecule is CO[C@@H]1C[C@H]2[C@@H]3CC[C@H]([C@H](C)CC[C@H](OS(C)(=O)=O)C(C)(C)O)[C@@]3(C)CC[C@@H]2[C@@]2(C)CC[C@H]3C[C@]312. The first-order valence-corrected chi connectivity index (χ1v) is 16.1. The van der Waals surface area contributed by atoms with E-state index in [4.69, 9.17) is 8.92 Å². The summed E-state index contributed by atoms with van der Waals surface area (Å²) >= 11 is 0. The molecule has 0 aromatic heterocycles. The summed E-state index contributed by atoms with van der Waals surface area (Å²) in [7, 11) is -1.65. The summed E-state index contributed by atoms with van der Waals surface area (Å²) in [4.78, 5) is 0. The minimum Gasteiger partial charge on any atom is -0.388 e. The van der Waals surface area contributed by atoms with Crippen LogP contribution in [0.25, 0.3) is 0 Å². The maximum Gasteiger partial charge on any atom is 0.264 e. The van der Waals surface area contributed by atoms with Crippen LogP contribution in [0.5, 0.6) is 0 Å². The van der Waals surface area contributed by atoms with Crippen molar-refractivity contribution in [3.8, 4) is 0 Å². The van der Waals surface area contributed by atoms with Crippen LogP contribution in [0.4, 0.5) is 0 Å². The van der Waals surface area contributed by atoms with Gasteiger partial charge in [-0.05, 0) is 124 Å².